The first-order valence-corrected chi connectivity index (χ1v) is 7.41. The monoisotopic (exact) mass is 266 g/mol. The summed E-state index contributed by atoms with van der Waals surface area (Å²) in [6, 6.07) is 0.398. The molecule has 1 aliphatic carbocycles. The molecule has 2 heterocycles. The average molecular weight is 266 g/mol. The summed E-state index contributed by atoms with van der Waals surface area (Å²) in [6.07, 6.45) is 5.08. The number of ether oxygens (including phenoxy) is 1. The van der Waals surface area contributed by atoms with Crippen LogP contribution in [0.15, 0.2) is 0 Å². The van der Waals surface area contributed by atoms with Crippen LogP contribution in [0.5, 0.6) is 0 Å². The van der Waals surface area contributed by atoms with Crippen LogP contribution in [-0.4, -0.2) is 60.5 Å². The molecule has 2 aliphatic heterocycles. The Hall–Kier alpha value is -1.10. The first-order chi connectivity index (χ1) is 9.25. The third kappa shape index (κ3) is 2.61. The van der Waals surface area contributed by atoms with Gasteiger partial charge in [0.15, 0.2) is 0 Å². The Labute approximate surface area is 113 Å². The van der Waals surface area contributed by atoms with Crippen molar-refractivity contribution in [1.29, 1.82) is 0 Å². The minimum absolute atomic E-state index is 0.119. The summed E-state index contributed by atoms with van der Waals surface area (Å²) in [4.78, 5) is 28.3. The SMILES string of the molecule is O=C([C@@H]1CC(=O)N(C2CCCC2)C1)N1CCOCC1. The minimum atomic E-state index is -0.119. The van der Waals surface area contributed by atoms with Crippen LogP contribution < -0.4 is 0 Å². The van der Waals surface area contributed by atoms with E-state index in [2.05, 4.69) is 0 Å². The van der Waals surface area contributed by atoms with Crippen LogP contribution in [0.4, 0.5) is 0 Å². The van der Waals surface area contributed by atoms with E-state index in [4.69, 9.17) is 4.74 Å². The lowest BCUT2D eigenvalue weighted by atomic mass is 10.1. The Morgan fingerprint density at radius 1 is 1.16 bits per heavy atom. The Bertz CT molecular complexity index is 360. The summed E-state index contributed by atoms with van der Waals surface area (Å²) in [5.41, 5.74) is 0. The average Bonchev–Trinajstić information content (AvgIpc) is 3.08. The number of carbonyl (C=O) groups is 2. The zero-order valence-electron chi connectivity index (χ0n) is 11.3. The molecule has 5 nitrogen and oxygen atoms in total. The van der Waals surface area contributed by atoms with Gasteiger partial charge in [0.1, 0.15) is 0 Å². The van der Waals surface area contributed by atoms with E-state index in [1.807, 2.05) is 9.80 Å². The number of rotatable bonds is 2. The van der Waals surface area contributed by atoms with Crippen molar-refractivity contribution in [3.05, 3.63) is 0 Å². The second kappa shape index (κ2) is 5.49. The van der Waals surface area contributed by atoms with Gasteiger partial charge in [0, 0.05) is 32.1 Å². The summed E-state index contributed by atoms with van der Waals surface area (Å²) >= 11 is 0. The lowest BCUT2D eigenvalue weighted by Gasteiger charge is -2.29. The molecule has 0 N–H and O–H groups in total. The van der Waals surface area contributed by atoms with E-state index in [-0.39, 0.29) is 17.7 Å². The molecule has 2 saturated heterocycles. The van der Waals surface area contributed by atoms with E-state index >= 15 is 0 Å². The molecule has 19 heavy (non-hydrogen) atoms. The summed E-state index contributed by atoms with van der Waals surface area (Å²) in [6.45, 7) is 3.23. The highest BCUT2D eigenvalue weighted by Crippen LogP contribution is 2.30. The molecule has 3 rings (SSSR count). The maximum atomic E-state index is 12.4. The lowest BCUT2D eigenvalue weighted by Crippen LogP contribution is -2.44. The van der Waals surface area contributed by atoms with Gasteiger partial charge in [0.05, 0.1) is 19.1 Å². The predicted molar refractivity (Wildman–Crippen MR) is 69.5 cm³/mol. The third-order valence-electron chi connectivity index (χ3n) is 4.60. The van der Waals surface area contributed by atoms with Crippen LogP contribution in [0, 0.1) is 5.92 Å². The molecular formula is C14H22N2O3. The zero-order chi connectivity index (χ0) is 13.2. The van der Waals surface area contributed by atoms with Gasteiger partial charge in [-0.05, 0) is 12.8 Å². The van der Waals surface area contributed by atoms with Gasteiger partial charge in [0.2, 0.25) is 11.8 Å². The summed E-state index contributed by atoms with van der Waals surface area (Å²) in [5, 5.41) is 0. The fraction of sp³-hybridized carbons (Fsp3) is 0.857. The maximum absolute atomic E-state index is 12.4. The van der Waals surface area contributed by atoms with Gasteiger partial charge in [-0.15, -0.1) is 0 Å². The zero-order valence-corrected chi connectivity index (χ0v) is 11.3. The second-order valence-corrected chi connectivity index (χ2v) is 5.82. The highest BCUT2D eigenvalue weighted by molar-refractivity contribution is 5.89. The number of amides is 2. The molecular weight excluding hydrogens is 244 g/mol. The number of hydrogen-bond acceptors (Lipinski definition) is 3. The largest absolute Gasteiger partial charge is 0.378 e. The van der Waals surface area contributed by atoms with Crippen LogP contribution in [0.3, 0.4) is 0 Å². The second-order valence-electron chi connectivity index (χ2n) is 5.82. The van der Waals surface area contributed by atoms with Crippen molar-refractivity contribution >= 4 is 11.8 Å². The molecule has 3 fully saturated rings. The topological polar surface area (TPSA) is 49.9 Å². The number of hydrogen-bond donors (Lipinski definition) is 0. The molecule has 106 valence electrons. The van der Waals surface area contributed by atoms with Crippen LogP contribution in [0.1, 0.15) is 32.1 Å². The smallest absolute Gasteiger partial charge is 0.228 e. The van der Waals surface area contributed by atoms with E-state index in [0.29, 0.717) is 45.3 Å². The molecule has 2 amide bonds. The normalized spacial score (nSPS) is 29.3. The van der Waals surface area contributed by atoms with Gasteiger partial charge >= 0.3 is 0 Å². The fourth-order valence-corrected chi connectivity index (χ4v) is 3.51. The number of nitrogens with zero attached hydrogens (tertiary/aromatic N) is 2. The molecule has 0 bridgehead atoms. The first kappa shape index (κ1) is 12.9. The standard InChI is InChI=1S/C14H22N2O3/c17-13-9-11(10-16(13)12-3-1-2-4-12)14(18)15-5-7-19-8-6-15/h11-12H,1-10H2/t11-/m1/s1. The Kier molecular flexibility index (Phi) is 3.73. The highest BCUT2D eigenvalue weighted by atomic mass is 16.5. The summed E-state index contributed by atoms with van der Waals surface area (Å²) in [7, 11) is 0. The molecule has 0 aromatic carbocycles. The Morgan fingerprint density at radius 2 is 1.84 bits per heavy atom. The van der Waals surface area contributed by atoms with E-state index < -0.39 is 0 Å². The highest BCUT2D eigenvalue weighted by Gasteiger charge is 2.40. The molecule has 0 spiro atoms. The van der Waals surface area contributed by atoms with Gasteiger partial charge < -0.3 is 14.5 Å². The summed E-state index contributed by atoms with van der Waals surface area (Å²) < 4.78 is 5.26. The van der Waals surface area contributed by atoms with E-state index in [1.54, 1.807) is 0 Å². The first-order valence-electron chi connectivity index (χ1n) is 7.41. The molecule has 0 aromatic rings. The van der Waals surface area contributed by atoms with Gasteiger partial charge in [-0.2, -0.15) is 0 Å². The van der Waals surface area contributed by atoms with Crippen molar-refractivity contribution in [1.82, 2.24) is 9.80 Å². The van der Waals surface area contributed by atoms with E-state index in [0.717, 1.165) is 12.8 Å². The Balaban J connectivity index is 1.60. The fourth-order valence-electron chi connectivity index (χ4n) is 3.51. The lowest BCUT2D eigenvalue weighted by molar-refractivity contribution is -0.139. The molecule has 0 unspecified atom stereocenters. The number of likely N-dealkylation sites (tertiary alicyclic amines) is 1. The summed E-state index contributed by atoms with van der Waals surface area (Å²) in [5.74, 6) is 0.210. The number of morpholine rings is 1. The number of carbonyl (C=O) groups excluding carboxylic acids is 2. The van der Waals surface area contributed by atoms with Crippen molar-refractivity contribution in [3.63, 3.8) is 0 Å². The molecule has 1 atom stereocenters. The van der Waals surface area contributed by atoms with Crippen molar-refractivity contribution < 1.29 is 14.3 Å². The minimum Gasteiger partial charge on any atom is -0.378 e. The third-order valence-corrected chi connectivity index (χ3v) is 4.60. The van der Waals surface area contributed by atoms with E-state index in [1.165, 1.54) is 12.8 Å². The maximum Gasteiger partial charge on any atom is 0.228 e. The van der Waals surface area contributed by atoms with Crippen molar-refractivity contribution in [2.45, 2.75) is 38.1 Å². The van der Waals surface area contributed by atoms with Gasteiger partial charge in [-0.3, -0.25) is 9.59 Å². The molecule has 5 heteroatoms. The molecule has 0 aromatic heterocycles. The van der Waals surface area contributed by atoms with Crippen LogP contribution in [0.25, 0.3) is 0 Å². The van der Waals surface area contributed by atoms with Gasteiger partial charge in [-0.1, -0.05) is 12.8 Å². The van der Waals surface area contributed by atoms with Crippen LogP contribution >= 0.6 is 0 Å². The van der Waals surface area contributed by atoms with Crippen molar-refractivity contribution in [2.75, 3.05) is 32.8 Å². The molecule has 3 aliphatic rings. The van der Waals surface area contributed by atoms with Crippen LogP contribution in [0.2, 0.25) is 0 Å². The molecule has 0 radical (unpaired) electrons. The quantitative estimate of drug-likeness (QED) is 0.737. The Morgan fingerprint density at radius 3 is 2.53 bits per heavy atom. The van der Waals surface area contributed by atoms with E-state index in [9.17, 15) is 9.59 Å². The van der Waals surface area contributed by atoms with Crippen molar-refractivity contribution in [3.8, 4) is 0 Å². The van der Waals surface area contributed by atoms with Crippen molar-refractivity contribution in [2.24, 2.45) is 5.92 Å². The van der Waals surface area contributed by atoms with Gasteiger partial charge in [-0.25, -0.2) is 0 Å². The molecule has 1 saturated carbocycles. The van der Waals surface area contributed by atoms with Crippen LogP contribution in [-0.2, 0) is 14.3 Å². The van der Waals surface area contributed by atoms with Gasteiger partial charge in [0.25, 0.3) is 0 Å². The predicted octanol–water partition coefficient (Wildman–Crippen LogP) is 0.636.